The fourth-order valence-corrected chi connectivity index (χ4v) is 2.64. The van der Waals surface area contributed by atoms with Crippen molar-refractivity contribution in [3.63, 3.8) is 0 Å². The lowest BCUT2D eigenvalue weighted by atomic mass is 9.87. The molecule has 0 aromatic carbocycles. The maximum absolute atomic E-state index is 13.3. The predicted octanol–water partition coefficient (Wildman–Crippen LogP) is 3.22. The number of nitrogens with zero attached hydrogens (tertiary/aromatic N) is 3. The second-order valence-electron chi connectivity index (χ2n) is 5.36. The Bertz CT molecular complexity index is 505. The number of esters is 1. The van der Waals surface area contributed by atoms with Gasteiger partial charge < -0.3 is 4.74 Å². The van der Waals surface area contributed by atoms with E-state index in [1.165, 1.54) is 6.92 Å². The van der Waals surface area contributed by atoms with Crippen LogP contribution in [-0.2, 0) is 10.9 Å². The monoisotopic (exact) mass is 305 g/mol. The lowest BCUT2D eigenvalue weighted by Gasteiger charge is -2.27. The maximum Gasteiger partial charge on any atom is 0.435 e. The van der Waals surface area contributed by atoms with Crippen LogP contribution in [0.1, 0.15) is 61.8 Å². The molecule has 8 heteroatoms. The molecule has 0 radical (unpaired) electrons. The summed E-state index contributed by atoms with van der Waals surface area (Å²) >= 11 is 0. The Morgan fingerprint density at radius 1 is 1.33 bits per heavy atom. The van der Waals surface area contributed by atoms with Crippen LogP contribution in [0.2, 0.25) is 0 Å². The van der Waals surface area contributed by atoms with Crippen molar-refractivity contribution in [3.8, 4) is 0 Å². The smallest absolute Gasteiger partial charge is 0.435 e. The van der Waals surface area contributed by atoms with Crippen LogP contribution < -0.4 is 0 Å². The van der Waals surface area contributed by atoms with Crippen LogP contribution in [0.3, 0.4) is 0 Å². The highest BCUT2D eigenvalue weighted by atomic mass is 19.4. The maximum atomic E-state index is 13.3. The van der Waals surface area contributed by atoms with Gasteiger partial charge in [0.05, 0.1) is 12.6 Å². The minimum absolute atomic E-state index is 0.00999. The highest BCUT2D eigenvalue weighted by Gasteiger charge is 2.43. The molecular weight excluding hydrogens is 287 g/mol. The molecule has 0 aliphatic heterocycles. The second kappa shape index (κ2) is 6.03. The largest absolute Gasteiger partial charge is 0.461 e. The summed E-state index contributed by atoms with van der Waals surface area (Å²) < 4.78 is 45.3. The third-order valence-electron chi connectivity index (χ3n) is 3.76. The van der Waals surface area contributed by atoms with E-state index in [2.05, 4.69) is 22.0 Å². The topological polar surface area (TPSA) is 57.0 Å². The summed E-state index contributed by atoms with van der Waals surface area (Å²) in [6.45, 7) is 3.59. The van der Waals surface area contributed by atoms with Gasteiger partial charge in [-0.2, -0.15) is 13.2 Å². The molecule has 5 nitrogen and oxygen atoms in total. The number of carbonyl (C=O) groups excluding carboxylic acids is 1. The highest BCUT2D eigenvalue weighted by Crippen LogP contribution is 2.37. The molecule has 1 aliphatic carbocycles. The molecule has 1 heterocycles. The molecule has 1 fully saturated rings. The molecule has 0 N–H and O–H groups in total. The first kappa shape index (κ1) is 15.8. The van der Waals surface area contributed by atoms with Gasteiger partial charge in [0.1, 0.15) is 0 Å². The van der Waals surface area contributed by atoms with Crippen LogP contribution in [0.15, 0.2) is 0 Å². The van der Waals surface area contributed by atoms with Crippen LogP contribution in [-0.4, -0.2) is 27.6 Å². The number of hydrogen-bond donors (Lipinski definition) is 0. The molecule has 0 spiro atoms. The van der Waals surface area contributed by atoms with Gasteiger partial charge in [-0.1, -0.05) is 12.1 Å². The van der Waals surface area contributed by atoms with Gasteiger partial charge in [-0.25, -0.2) is 9.48 Å². The van der Waals surface area contributed by atoms with Crippen molar-refractivity contribution < 1.29 is 22.7 Å². The summed E-state index contributed by atoms with van der Waals surface area (Å²) in [6, 6.07) is -0.367. The number of alkyl halides is 3. The fourth-order valence-electron chi connectivity index (χ4n) is 2.64. The van der Waals surface area contributed by atoms with Gasteiger partial charge in [-0.15, -0.1) is 5.10 Å². The third-order valence-corrected chi connectivity index (χ3v) is 3.76. The van der Waals surface area contributed by atoms with Crippen molar-refractivity contribution in [3.05, 3.63) is 11.4 Å². The van der Waals surface area contributed by atoms with Gasteiger partial charge in [0.2, 0.25) is 5.69 Å². The zero-order valence-corrected chi connectivity index (χ0v) is 12.0. The van der Waals surface area contributed by atoms with Crippen molar-refractivity contribution >= 4 is 5.97 Å². The first-order valence-corrected chi connectivity index (χ1v) is 7.04. The number of halogens is 3. The first-order chi connectivity index (χ1) is 9.84. The number of carbonyl (C=O) groups is 1. The summed E-state index contributed by atoms with van der Waals surface area (Å²) in [5.41, 5.74) is -1.84. The summed E-state index contributed by atoms with van der Waals surface area (Å²) in [5.74, 6) is -0.580. The van der Waals surface area contributed by atoms with Crippen molar-refractivity contribution in [2.24, 2.45) is 5.92 Å². The van der Waals surface area contributed by atoms with Gasteiger partial charge in [0.15, 0.2) is 5.69 Å². The molecule has 0 saturated heterocycles. The molecule has 2 rings (SSSR count). The van der Waals surface area contributed by atoms with Crippen molar-refractivity contribution in [2.45, 2.75) is 51.7 Å². The molecule has 1 saturated carbocycles. The standard InChI is InChI=1S/C13H18F3N3O2/c1-3-21-12(20)10-11(13(14,15)16)19(18-17-10)9-6-4-8(2)5-7-9/h8-9H,3-7H2,1-2H3. The van der Waals surface area contributed by atoms with E-state index in [1.54, 1.807) is 0 Å². The Morgan fingerprint density at radius 2 is 1.95 bits per heavy atom. The molecule has 0 bridgehead atoms. The lowest BCUT2D eigenvalue weighted by molar-refractivity contribution is -0.145. The predicted molar refractivity (Wildman–Crippen MR) is 67.6 cm³/mol. The van der Waals surface area contributed by atoms with Crippen LogP contribution in [0.25, 0.3) is 0 Å². The molecule has 21 heavy (non-hydrogen) atoms. The van der Waals surface area contributed by atoms with E-state index >= 15 is 0 Å². The van der Waals surface area contributed by atoms with Crippen molar-refractivity contribution in [2.75, 3.05) is 6.61 Å². The van der Waals surface area contributed by atoms with E-state index in [4.69, 9.17) is 0 Å². The van der Waals surface area contributed by atoms with E-state index in [1.807, 2.05) is 0 Å². The average molecular weight is 305 g/mol. The summed E-state index contributed by atoms with van der Waals surface area (Å²) in [5, 5.41) is 6.99. The highest BCUT2D eigenvalue weighted by molar-refractivity contribution is 5.88. The molecule has 0 amide bonds. The third kappa shape index (κ3) is 3.36. The Hall–Kier alpha value is -1.60. The molecule has 118 valence electrons. The van der Waals surface area contributed by atoms with E-state index in [-0.39, 0.29) is 12.6 Å². The summed E-state index contributed by atoms with van der Waals surface area (Å²) in [7, 11) is 0. The Balaban J connectivity index is 2.36. The second-order valence-corrected chi connectivity index (χ2v) is 5.36. The number of aromatic nitrogens is 3. The van der Waals surface area contributed by atoms with Crippen molar-refractivity contribution in [1.82, 2.24) is 15.0 Å². The zero-order valence-electron chi connectivity index (χ0n) is 12.0. The molecule has 0 unspecified atom stereocenters. The molecule has 0 atom stereocenters. The van der Waals surface area contributed by atoms with E-state index in [0.29, 0.717) is 18.8 Å². The van der Waals surface area contributed by atoms with Crippen LogP contribution >= 0.6 is 0 Å². The van der Waals surface area contributed by atoms with Gasteiger partial charge in [-0.3, -0.25) is 0 Å². The van der Waals surface area contributed by atoms with Gasteiger partial charge in [0.25, 0.3) is 0 Å². The molecule has 1 aliphatic rings. The van der Waals surface area contributed by atoms with Crippen LogP contribution in [0.5, 0.6) is 0 Å². The number of rotatable bonds is 3. The van der Waals surface area contributed by atoms with Crippen LogP contribution in [0, 0.1) is 5.92 Å². The molecular formula is C13H18F3N3O2. The van der Waals surface area contributed by atoms with Gasteiger partial charge in [0, 0.05) is 0 Å². The lowest BCUT2D eigenvalue weighted by Crippen LogP contribution is -2.25. The fraction of sp³-hybridized carbons (Fsp3) is 0.769. The van der Waals surface area contributed by atoms with Crippen LogP contribution in [0.4, 0.5) is 13.2 Å². The summed E-state index contributed by atoms with van der Waals surface area (Å²) in [4.78, 5) is 11.6. The molecule has 1 aromatic heterocycles. The normalized spacial score (nSPS) is 23.1. The Kier molecular flexibility index (Phi) is 4.53. The van der Waals surface area contributed by atoms with E-state index < -0.39 is 23.5 Å². The first-order valence-electron chi connectivity index (χ1n) is 7.04. The Labute approximate surface area is 120 Å². The molecule has 1 aromatic rings. The van der Waals surface area contributed by atoms with Gasteiger partial charge in [-0.05, 0) is 38.5 Å². The number of ether oxygens (including phenoxy) is 1. The van der Waals surface area contributed by atoms with Crippen molar-refractivity contribution in [1.29, 1.82) is 0 Å². The summed E-state index contributed by atoms with van der Waals surface area (Å²) in [6.07, 6.45) is -1.78. The average Bonchev–Trinajstić information content (AvgIpc) is 2.84. The zero-order chi connectivity index (χ0) is 15.6. The Morgan fingerprint density at radius 3 is 2.48 bits per heavy atom. The number of hydrogen-bond acceptors (Lipinski definition) is 4. The van der Waals surface area contributed by atoms with E-state index in [9.17, 15) is 18.0 Å². The minimum Gasteiger partial charge on any atom is -0.461 e. The van der Waals surface area contributed by atoms with E-state index in [0.717, 1.165) is 17.5 Å². The minimum atomic E-state index is -4.69. The SMILES string of the molecule is CCOC(=O)c1nnn(C2CCC(C)CC2)c1C(F)(F)F. The van der Waals surface area contributed by atoms with Gasteiger partial charge >= 0.3 is 12.1 Å². The quantitative estimate of drug-likeness (QED) is 0.805.